The Bertz CT molecular complexity index is 717. The van der Waals surface area contributed by atoms with Gasteiger partial charge in [-0.25, -0.2) is 0 Å². The third kappa shape index (κ3) is 4.20. The number of nitrogen functional groups attached to an aromatic ring is 1. The van der Waals surface area contributed by atoms with Gasteiger partial charge in [0, 0.05) is 34.8 Å². The second kappa shape index (κ2) is 8.00. The molecule has 1 aromatic heterocycles. The fourth-order valence-corrected chi connectivity index (χ4v) is 4.51. The number of carbonyl (C=O) groups excluding carboxylic acids is 1. The van der Waals surface area contributed by atoms with E-state index in [0.29, 0.717) is 39.8 Å². The van der Waals surface area contributed by atoms with E-state index in [4.69, 9.17) is 17.3 Å². The third-order valence-corrected chi connectivity index (χ3v) is 6.05. The highest BCUT2D eigenvalue weighted by atomic mass is 79.9. The lowest BCUT2D eigenvalue weighted by molar-refractivity contribution is 0.103. The van der Waals surface area contributed by atoms with E-state index in [0.717, 1.165) is 9.35 Å². The standard InChI is InChI=1S/C18H22BrClN2OS/c1-10(2)22(11(3)4)9-14-15(18(21)24-17(14)19)16(23)12-5-7-13(20)8-6-12/h5-8,10-11H,9,21H2,1-4H3. The number of ketones is 1. The van der Waals surface area contributed by atoms with Gasteiger partial charge in [-0.15, -0.1) is 11.3 Å². The van der Waals surface area contributed by atoms with Gasteiger partial charge in [-0.3, -0.25) is 9.69 Å². The van der Waals surface area contributed by atoms with Crippen molar-refractivity contribution in [3.63, 3.8) is 0 Å². The van der Waals surface area contributed by atoms with Crippen LogP contribution in [0.3, 0.4) is 0 Å². The van der Waals surface area contributed by atoms with Crippen LogP contribution in [0.1, 0.15) is 49.2 Å². The molecule has 2 rings (SSSR count). The molecular weight excluding hydrogens is 408 g/mol. The zero-order valence-corrected chi connectivity index (χ0v) is 17.4. The van der Waals surface area contributed by atoms with Crippen LogP contribution in [0.2, 0.25) is 5.02 Å². The molecule has 0 radical (unpaired) electrons. The van der Waals surface area contributed by atoms with Crippen molar-refractivity contribution < 1.29 is 4.79 Å². The Morgan fingerprint density at radius 1 is 1.21 bits per heavy atom. The van der Waals surface area contributed by atoms with Crippen molar-refractivity contribution in [3.05, 3.63) is 49.8 Å². The van der Waals surface area contributed by atoms with Crippen molar-refractivity contribution in [1.29, 1.82) is 0 Å². The van der Waals surface area contributed by atoms with Crippen LogP contribution >= 0.6 is 38.9 Å². The quantitative estimate of drug-likeness (QED) is 0.608. The van der Waals surface area contributed by atoms with Gasteiger partial charge in [-0.05, 0) is 67.9 Å². The number of nitrogens with zero attached hydrogens (tertiary/aromatic N) is 1. The van der Waals surface area contributed by atoms with E-state index in [9.17, 15) is 4.79 Å². The molecule has 0 saturated heterocycles. The van der Waals surface area contributed by atoms with Gasteiger partial charge in [-0.2, -0.15) is 0 Å². The first-order valence-electron chi connectivity index (χ1n) is 7.85. The summed E-state index contributed by atoms with van der Waals surface area (Å²) in [5.41, 5.74) is 8.31. The molecule has 3 nitrogen and oxygen atoms in total. The highest BCUT2D eigenvalue weighted by Crippen LogP contribution is 2.38. The Morgan fingerprint density at radius 3 is 2.25 bits per heavy atom. The number of rotatable bonds is 6. The van der Waals surface area contributed by atoms with Crippen LogP contribution in [0.4, 0.5) is 5.00 Å². The molecule has 0 aliphatic rings. The molecule has 2 aromatic rings. The van der Waals surface area contributed by atoms with E-state index in [1.165, 1.54) is 11.3 Å². The van der Waals surface area contributed by atoms with Crippen LogP contribution in [-0.4, -0.2) is 22.8 Å². The molecule has 0 aliphatic heterocycles. The van der Waals surface area contributed by atoms with E-state index in [-0.39, 0.29) is 5.78 Å². The van der Waals surface area contributed by atoms with Gasteiger partial charge >= 0.3 is 0 Å². The average Bonchev–Trinajstić information content (AvgIpc) is 2.77. The smallest absolute Gasteiger partial charge is 0.196 e. The summed E-state index contributed by atoms with van der Waals surface area (Å²) >= 11 is 10.9. The predicted molar refractivity (Wildman–Crippen MR) is 107 cm³/mol. The minimum Gasteiger partial charge on any atom is -0.390 e. The fourth-order valence-electron chi connectivity index (χ4n) is 2.74. The van der Waals surface area contributed by atoms with E-state index >= 15 is 0 Å². The first-order chi connectivity index (χ1) is 11.2. The maximum atomic E-state index is 13.0. The van der Waals surface area contributed by atoms with Gasteiger partial charge in [0.25, 0.3) is 0 Å². The maximum Gasteiger partial charge on any atom is 0.196 e. The number of hydrogen-bond donors (Lipinski definition) is 1. The molecule has 0 atom stereocenters. The van der Waals surface area contributed by atoms with E-state index in [2.05, 4.69) is 48.5 Å². The summed E-state index contributed by atoms with van der Waals surface area (Å²) in [7, 11) is 0. The molecule has 0 saturated carbocycles. The monoisotopic (exact) mass is 428 g/mol. The van der Waals surface area contributed by atoms with Crippen LogP contribution in [0.5, 0.6) is 0 Å². The topological polar surface area (TPSA) is 46.3 Å². The third-order valence-electron chi connectivity index (χ3n) is 3.99. The minimum atomic E-state index is -0.0615. The van der Waals surface area contributed by atoms with Crippen molar-refractivity contribution in [1.82, 2.24) is 4.90 Å². The summed E-state index contributed by atoms with van der Waals surface area (Å²) in [5, 5.41) is 1.15. The molecule has 130 valence electrons. The Kier molecular flexibility index (Phi) is 6.48. The molecule has 0 fully saturated rings. The molecule has 0 aliphatic carbocycles. The molecular formula is C18H22BrClN2OS. The highest BCUT2D eigenvalue weighted by Gasteiger charge is 2.25. The molecule has 0 bridgehead atoms. The summed E-state index contributed by atoms with van der Waals surface area (Å²) < 4.78 is 0.920. The molecule has 0 amide bonds. The molecule has 1 aromatic carbocycles. The zero-order chi connectivity index (χ0) is 18.0. The summed E-state index contributed by atoms with van der Waals surface area (Å²) in [6, 6.07) is 7.67. The Balaban J connectivity index is 2.44. The van der Waals surface area contributed by atoms with Crippen molar-refractivity contribution in [2.45, 2.75) is 46.3 Å². The van der Waals surface area contributed by atoms with Gasteiger partial charge in [0.2, 0.25) is 0 Å². The van der Waals surface area contributed by atoms with Crippen molar-refractivity contribution in [2.24, 2.45) is 0 Å². The minimum absolute atomic E-state index is 0.0615. The Labute approximate surface area is 160 Å². The van der Waals surface area contributed by atoms with Gasteiger partial charge in [0.05, 0.1) is 14.4 Å². The van der Waals surface area contributed by atoms with Gasteiger partial charge < -0.3 is 5.73 Å². The molecule has 0 spiro atoms. The molecule has 6 heteroatoms. The summed E-state index contributed by atoms with van der Waals surface area (Å²) in [6.07, 6.45) is 0. The first-order valence-corrected chi connectivity index (χ1v) is 9.83. The molecule has 2 N–H and O–H groups in total. The van der Waals surface area contributed by atoms with Gasteiger partial charge in [-0.1, -0.05) is 11.6 Å². The summed E-state index contributed by atoms with van der Waals surface area (Å²) in [4.78, 5) is 15.3. The number of nitrogens with two attached hydrogens (primary N) is 1. The van der Waals surface area contributed by atoms with Crippen LogP contribution < -0.4 is 5.73 Å². The number of halogens is 2. The van der Waals surface area contributed by atoms with Crippen LogP contribution in [0.25, 0.3) is 0 Å². The second-order valence-electron chi connectivity index (χ2n) is 6.29. The maximum absolute atomic E-state index is 13.0. The van der Waals surface area contributed by atoms with E-state index in [1.807, 2.05) is 0 Å². The lowest BCUT2D eigenvalue weighted by atomic mass is 10.0. The lowest BCUT2D eigenvalue weighted by Gasteiger charge is -2.30. The van der Waals surface area contributed by atoms with Gasteiger partial charge in [0.1, 0.15) is 0 Å². The predicted octanol–water partition coefficient (Wildman–Crippen LogP) is 5.60. The number of anilines is 1. The Morgan fingerprint density at radius 2 is 1.75 bits per heavy atom. The normalized spacial score (nSPS) is 11.7. The number of hydrogen-bond acceptors (Lipinski definition) is 4. The number of benzene rings is 1. The summed E-state index contributed by atoms with van der Waals surface area (Å²) in [6.45, 7) is 9.31. The van der Waals surface area contributed by atoms with Crippen molar-refractivity contribution in [2.75, 3.05) is 5.73 Å². The fraction of sp³-hybridized carbons (Fsp3) is 0.389. The highest BCUT2D eigenvalue weighted by molar-refractivity contribution is 9.11. The molecule has 0 unspecified atom stereocenters. The van der Waals surface area contributed by atoms with E-state index in [1.54, 1.807) is 24.3 Å². The number of thiophene rings is 1. The molecule has 24 heavy (non-hydrogen) atoms. The Hall–Kier alpha value is -0.880. The second-order valence-corrected chi connectivity index (χ2v) is 9.10. The van der Waals surface area contributed by atoms with Crippen molar-refractivity contribution >= 4 is 49.7 Å². The van der Waals surface area contributed by atoms with E-state index < -0.39 is 0 Å². The SMILES string of the molecule is CC(C)N(Cc1c(Br)sc(N)c1C(=O)c1ccc(Cl)cc1)C(C)C. The largest absolute Gasteiger partial charge is 0.390 e. The number of carbonyl (C=O) groups is 1. The van der Waals surface area contributed by atoms with Gasteiger partial charge in [0.15, 0.2) is 5.78 Å². The molecule has 1 heterocycles. The summed E-state index contributed by atoms with van der Waals surface area (Å²) in [5.74, 6) is -0.0615. The van der Waals surface area contributed by atoms with Crippen molar-refractivity contribution in [3.8, 4) is 0 Å². The first kappa shape index (κ1) is 19.4. The van der Waals surface area contributed by atoms with Crippen LogP contribution in [0, 0.1) is 0 Å². The average molecular weight is 430 g/mol. The van der Waals surface area contributed by atoms with Crippen LogP contribution in [0.15, 0.2) is 28.1 Å². The van der Waals surface area contributed by atoms with Crippen LogP contribution in [-0.2, 0) is 6.54 Å². The lowest BCUT2D eigenvalue weighted by Crippen LogP contribution is -2.36. The zero-order valence-electron chi connectivity index (χ0n) is 14.3.